The van der Waals surface area contributed by atoms with E-state index in [1.165, 1.54) is 4.90 Å². The van der Waals surface area contributed by atoms with E-state index in [-0.39, 0.29) is 18.5 Å². The predicted molar refractivity (Wildman–Crippen MR) is 66.1 cm³/mol. The minimum Gasteiger partial charge on any atom is -0.337 e. The van der Waals surface area contributed by atoms with Crippen LogP contribution in [0.3, 0.4) is 0 Å². The van der Waals surface area contributed by atoms with Gasteiger partial charge in [0.15, 0.2) is 0 Å². The Kier molecular flexibility index (Phi) is 3.67. The number of hydrogen-bond donors (Lipinski definition) is 1. The summed E-state index contributed by atoms with van der Waals surface area (Å²) in [4.78, 5) is 23.0. The van der Waals surface area contributed by atoms with Gasteiger partial charge in [0.25, 0.3) is 5.91 Å². The first kappa shape index (κ1) is 14.3. The van der Waals surface area contributed by atoms with Crippen LogP contribution < -0.4 is 5.73 Å². The number of benzene rings is 1. The lowest BCUT2D eigenvalue weighted by Gasteiger charge is -2.16. The van der Waals surface area contributed by atoms with E-state index >= 15 is 0 Å². The highest BCUT2D eigenvalue weighted by Crippen LogP contribution is 2.25. The van der Waals surface area contributed by atoms with Gasteiger partial charge in [0.2, 0.25) is 5.82 Å². The van der Waals surface area contributed by atoms with Crippen LogP contribution in [0.2, 0.25) is 0 Å². The van der Waals surface area contributed by atoms with Crippen molar-refractivity contribution in [3.63, 3.8) is 0 Å². The summed E-state index contributed by atoms with van der Waals surface area (Å²) in [5.74, 6) is -3.11. The molecule has 2 rings (SSSR count). The smallest absolute Gasteiger partial charge is 0.308 e. The van der Waals surface area contributed by atoms with Gasteiger partial charge in [-0.2, -0.15) is 4.39 Å². The standard InChI is InChI=1S/C12H13F2N3O3/c1-6-4-16(5-9(6)15)12(18)8-2-7(13)3-10(11(8)14)17(19)20/h2-3,6,9H,4-5,15H2,1H3. The number of nitrogens with two attached hydrogens (primary N) is 1. The van der Waals surface area contributed by atoms with Gasteiger partial charge in [0.1, 0.15) is 5.82 Å². The third-order valence-electron chi connectivity index (χ3n) is 3.40. The lowest BCUT2D eigenvalue weighted by Crippen LogP contribution is -2.32. The number of rotatable bonds is 2. The molecule has 20 heavy (non-hydrogen) atoms. The molecule has 0 bridgehead atoms. The number of halogens is 2. The normalized spacial score (nSPS) is 22.1. The topological polar surface area (TPSA) is 89.5 Å². The highest BCUT2D eigenvalue weighted by atomic mass is 19.1. The molecule has 1 heterocycles. The highest BCUT2D eigenvalue weighted by Gasteiger charge is 2.33. The quantitative estimate of drug-likeness (QED) is 0.655. The Morgan fingerprint density at radius 1 is 1.45 bits per heavy atom. The average Bonchev–Trinajstić information content (AvgIpc) is 2.71. The summed E-state index contributed by atoms with van der Waals surface area (Å²) in [6, 6.07) is 0.870. The van der Waals surface area contributed by atoms with Gasteiger partial charge in [-0.05, 0) is 12.0 Å². The van der Waals surface area contributed by atoms with Crippen LogP contribution in [0.25, 0.3) is 0 Å². The van der Waals surface area contributed by atoms with E-state index < -0.39 is 33.7 Å². The lowest BCUT2D eigenvalue weighted by molar-refractivity contribution is -0.387. The molecule has 0 aliphatic carbocycles. The van der Waals surface area contributed by atoms with Crippen molar-refractivity contribution in [2.75, 3.05) is 13.1 Å². The Morgan fingerprint density at radius 2 is 2.10 bits per heavy atom. The van der Waals surface area contributed by atoms with Crippen LogP contribution in [0.15, 0.2) is 12.1 Å². The zero-order valence-corrected chi connectivity index (χ0v) is 10.7. The van der Waals surface area contributed by atoms with Crippen LogP contribution in [0, 0.1) is 27.7 Å². The van der Waals surface area contributed by atoms with Crippen LogP contribution in [-0.4, -0.2) is 34.9 Å². The first-order chi connectivity index (χ1) is 9.31. The number of nitro groups is 1. The number of carbonyl (C=O) groups excluding carboxylic acids is 1. The molecule has 0 spiro atoms. The maximum absolute atomic E-state index is 13.9. The number of carbonyl (C=O) groups is 1. The molecule has 0 aromatic heterocycles. The molecule has 1 fully saturated rings. The van der Waals surface area contributed by atoms with Gasteiger partial charge in [-0.1, -0.05) is 6.92 Å². The number of hydrogen-bond acceptors (Lipinski definition) is 4. The Labute approximate surface area is 113 Å². The van der Waals surface area contributed by atoms with Crippen molar-refractivity contribution in [1.82, 2.24) is 4.90 Å². The Morgan fingerprint density at radius 3 is 2.60 bits per heavy atom. The van der Waals surface area contributed by atoms with Crippen molar-refractivity contribution < 1.29 is 18.5 Å². The highest BCUT2D eigenvalue weighted by molar-refractivity contribution is 5.95. The summed E-state index contributed by atoms with van der Waals surface area (Å²) in [5.41, 5.74) is 4.07. The molecule has 1 aromatic carbocycles. The summed E-state index contributed by atoms with van der Waals surface area (Å²) >= 11 is 0. The molecule has 108 valence electrons. The van der Waals surface area contributed by atoms with Crippen molar-refractivity contribution >= 4 is 11.6 Å². The molecule has 1 aromatic rings. The van der Waals surface area contributed by atoms with Crippen LogP contribution >= 0.6 is 0 Å². The summed E-state index contributed by atoms with van der Waals surface area (Å²) in [7, 11) is 0. The van der Waals surface area contributed by atoms with Crippen LogP contribution in [-0.2, 0) is 0 Å². The van der Waals surface area contributed by atoms with Crippen molar-refractivity contribution in [3.8, 4) is 0 Å². The maximum atomic E-state index is 13.9. The fraction of sp³-hybridized carbons (Fsp3) is 0.417. The predicted octanol–water partition coefficient (Wildman–Crippen LogP) is 1.29. The van der Waals surface area contributed by atoms with Crippen molar-refractivity contribution in [1.29, 1.82) is 0 Å². The largest absolute Gasteiger partial charge is 0.337 e. The zero-order chi connectivity index (χ0) is 15.0. The third kappa shape index (κ3) is 2.46. The fourth-order valence-corrected chi connectivity index (χ4v) is 2.19. The minimum absolute atomic E-state index is 0.0329. The lowest BCUT2D eigenvalue weighted by atomic mass is 10.1. The van der Waals surface area contributed by atoms with Crippen LogP contribution in [0.4, 0.5) is 14.5 Å². The number of amides is 1. The molecular weight excluding hydrogens is 272 g/mol. The van der Waals surface area contributed by atoms with Crippen molar-refractivity contribution in [3.05, 3.63) is 39.4 Å². The number of nitrogens with zero attached hydrogens (tertiary/aromatic N) is 2. The van der Waals surface area contributed by atoms with Gasteiger partial charge >= 0.3 is 5.69 Å². The van der Waals surface area contributed by atoms with Gasteiger partial charge in [0.05, 0.1) is 16.6 Å². The molecular formula is C12H13F2N3O3. The molecule has 8 heteroatoms. The second-order valence-electron chi connectivity index (χ2n) is 4.89. The van der Waals surface area contributed by atoms with Crippen LogP contribution in [0.1, 0.15) is 17.3 Å². The number of nitro benzene ring substituents is 1. The van der Waals surface area contributed by atoms with Crippen LogP contribution in [0.5, 0.6) is 0 Å². The summed E-state index contributed by atoms with van der Waals surface area (Å²) < 4.78 is 27.2. The Balaban J connectivity index is 2.38. The van der Waals surface area contributed by atoms with Gasteiger partial charge in [0, 0.05) is 19.1 Å². The third-order valence-corrected chi connectivity index (χ3v) is 3.40. The molecule has 6 nitrogen and oxygen atoms in total. The second kappa shape index (κ2) is 5.12. The summed E-state index contributed by atoms with van der Waals surface area (Å²) in [5, 5.41) is 10.6. The molecule has 1 aliphatic heterocycles. The zero-order valence-electron chi connectivity index (χ0n) is 10.7. The molecule has 2 N–H and O–H groups in total. The molecule has 2 unspecified atom stereocenters. The molecule has 1 saturated heterocycles. The van der Waals surface area contributed by atoms with E-state index in [4.69, 9.17) is 5.73 Å². The molecule has 0 saturated carbocycles. The first-order valence-electron chi connectivity index (χ1n) is 5.99. The van der Waals surface area contributed by atoms with Gasteiger partial charge in [-0.3, -0.25) is 14.9 Å². The summed E-state index contributed by atoms with van der Waals surface area (Å²) in [6.45, 7) is 2.36. The van der Waals surface area contributed by atoms with E-state index in [0.29, 0.717) is 18.7 Å². The molecule has 1 amide bonds. The fourth-order valence-electron chi connectivity index (χ4n) is 2.19. The number of likely N-dealkylation sites (tertiary alicyclic amines) is 1. The van der Waals surface area contributed by atoms with Crippen molar-refractivity contribution in [2.45, 2.75) is 13.0 Å². The molecule has 2 atom stereocenters. The first-order valence-corrected chi connectivity index (χ1v) is 5.99. The monoisotopic (exact) mass is 285 g/mol. The Hall–Kier alpha value is -2.09. The van der Waals surface area contributed by atoms with E-state index in [2.05, 4.69) is 0 Å². The van der Waals surface area contributed by atoms with Crippen molar-refractivity contribution in [2.24, 2.45) is 11.7 Å². The Bertz CT molecular complexity index is 569. The van der Waals surface area contributed by atoms with Gasteiger partial charge < -0.3 is 10.6 Å². The maximum Gasteiger partial charge on any atom is 0.308 e. The van der Waals surface area contributed by atoms with Gasteiger partial charge in [-0.25, -0.2) is 4.39 Å². The minimum atomic E-state index is -1.32. The molecule has 1 aliphatic rings. The average molecular weight is 285 g/mol. The van der Waals surface area contributed by atoms with Gasteiger partial charge in [-0.15, -0.1) is 0 Å². The molecule has 0 radical (unpaired) electrons. The van der Waals surface area contributed by atoms with E-state index in [1.807, 2.05) is 6.92 Å². The van der Waals surface area contributed by atoms with E-state index in [0.717, 1.165) is 0 Å². The SMILES string of the molecule is CC1CN(C(=O)c2cc(F)cc([N+](=O)[O-])c2F)CC1N. The van der Waals surface area contributed by atoms with E-state index in [9.17, 15) is 23.7 Å². The van der Waals surface area contributed by atoms with E-state index in [1.54, 1.807) is 0 Å². The second-order valence-corrected chi connectivity index (χ2v) is 4.89. The summed E-state index contributed by atoms with van der Waals surface area (Å²) in [6.07, 6.45) is 0.